The van der Waals surface area contributed by atoms with Crippen LogP contribution in [0.5, 0.6) is 0 Å². The number of carbonyl (C=O) groups is 1. The molecule has 3 rings (SSSR count). The second kappa shape index (κ2) is 5.93. The van der Waals surface area contributed by atoms with Crippen LogP contribution in [0.2, 0.25) is 5.02 Å². The number of hydrogen-bond acceptors (Lipinski definition) is 2. The minimum atomic E-state index is -0.426. The van der Waals surface area contributed by atoms with Crippen molar-refractivity contribution in [2.24, 2.45) is 5.92 Å². The molecule has 1 aliphatic carbocycles. The van der Waals surface area contributed by atoms with Crippen molar-refractivity contribution >= 4 is 17.5 Å². The summed E-state index contributed by atoms with van der Waals surface area (Å²) in [5, 5.41) is 0.317. The number of carbonyl (C=O) groups excluding carboxylic acids is 1. The average Bonchev–Trinajstić information content (AvgIpc) is 3.27. The van der Waals surface area contributed by atoms with Crippen molar-refractivity contribution in [1.82, 2.24) is 9.80 Å². The van der Waals surface area contributed by atoms with Gasteiger partial charge in [0.15, 0.2) is 0 Å². The zero-order chi connectivity index (χ0) is 15.0. The largest absolute Gasteiger partial charge is 0.337 e. The molecule has 1 unspecified atom stereocenters. The topological polar surface area (TPSA) is 23.6 Å². The molecule has 114 valence electrons. The van der Waals surface area contributed by atoms with Crippen LogP contribution in [0.4, 0.5) is 4.39 Å². The normalized spacial score (nSPS) is 24.0. The molecule has 1 atom stereocenters. The fourth-order valence-electron chi connectivity index (χ4n) is 3.05. The lowest BCUT2D eigenvalue weighted by atomic mass is 10.1. The molecule has 2 fully saturated rings. The zero-order valence-corrected chi connectivity index (χ0v) is 12.9. The maximum Gasteiger partial charge on any atom is 0.255 e. The molecule has 1 amide bonds. The molecule has 5 heteroatoms. The van der Waals surface area contributed by atoms with Gasteiger partial charge in [-0.1, -0.05) is 18.5 Å². The van der Waals surface area contributed by atoms with Gasteiger partial charge in [0.2, 0.25) is 0 Å². The first kappa shape index (κ1) is 14.8. The number of amides is 1. The van der Waals surface area contributed by atoms with E-state index in [9.17, 15) is 9.18 Å². The van der Waals surface area contributed by atoms with Crippen LogP contribution in [-0.2, 0) is 0 Å². The number of rotatable bonds is 2. The quantitative estimate of drug-likeness (QED) is 0.838. The molecule has 0 spiro atoms. The molecule has 1 aromatic rings. The highest BCUT2D eigenvalue weighted by Gasteiger charge is 2.33. The third-order valence-corrected chi connectivity index (χ3v) is 4.57. The van der Waals surface area contributed by atoms with E-state index in [0.717, 1.165) is 13.1 Å². The molecule has 21 heavy (non-hydrogen) atoms. The predicted molar refractivity (Wildman–Crippen MR) is 81.1 cm³/mol. The Hall–Kier alpha value is -1.13. The van der Waals surface area contributed by atoms with Crippen LogP contribution in [0.1, 0.15) is 30.1 Å². The van der Waals surface area contributed by atoms with E-state index in [1.165, 1.54) is 31.0 Å². The predicted octanol–water partition coefficient (Wildman–Crippen LogP) is 3.04. The molecule has 0 bridgehead atoms. The van der Waals surface area contributed by atoms with E-state index in [1.54, 1.807) is 0 Å². The second-order valence-electron chi connectivity index (χ2n) is 6.21. The summed E-state index contributed by atoms with van der Waals surface area (Å²) in [6, 6.07) is 4.67. The van der Waals surface area contributed by atoms with Gasteiger partial charge >= 0.3 is 0 Å². The SMILES string of the molecule is CC1CN(C(=O)c2cc(F)ccc2Cl)CCN(C2CC2)C1. The lowest BCUT2D eigenvalue weighted by Crippen LogP contribution is -2.36. The van der Waals surface area contributed by atoms with Crippen LogP contribution in [0.3, 0.4) is 0 Å². The molecule has 0 radical (unpaired) electrons. The van der Waals surface area contributed by atoms with Crippen molar-refractivity contribution in [2.45, 2.75) is 25.8 Å². The molecule has 2 aliphatic rings. The molecular formula is C16H20ClFN2O. The summed E-state index contributed by atoms with van der Waals surface area (Å²) in [6.45, 7) is 5.48. The third-order valence-electron chi connectivity index (χ3n) is 4.24. The van der Waals surface area contributed by atoms with E-state index < -0.39 is 5.82 Å². The molecule has 3 nitrogen and oxygen atoms in total. The summed E-state index contributed by atoms with van der Waals surface area (Å²) >= 11 is 6.05. The Morgan fingerprint density at radius 3 is 2.76 bits per heavy atom. The number of halogens is 2. The van der Waals surface area contributed by atoms with Crippen molar-refractivity contribution in [2.75, 3.05) is 26.2 Å². The lowest BCUT2D eigenvalue weighted by Gasteiger charge is -2.22. The zero-order valence-electron chi connectivity index (χ0n) is 12.2. The van der Waals surface area contributed by atoms with E-state index >= 15 is 0 Å². The van der Waals surface area contributed by atoms with Gasteiger partial charge in [-0.05, 0) is 37.0 Å². The molecule has 1 aliphatic heterocycles. The monoisotopic (exact) mass is 310 g/mol. The van der Waals surface area contributed by atoms with Gasteiger partial charge < -0.3 is 4.90 Å². The van der Waals surface area contributed by atoms with Crippen LogP contribution >= 0.6 is 11.6 Å². The Morgan fingerprint density at radius 1 is 1.29 bits per heavy atom. The van der Waals surface area contributed by atoms with Gasteiger partial charge in [0.25, 0.3) is 5.91 Å². The Bertz CT molecular complexity index is 547. The highest BCUT2D eigenvalue weighted by atomic mass is 35.5. The summed E-state index contributed by atoms with van der Waals surface area (Å²) < 4.78 is 13.4. The van der Waals surface area contributed by atoms with E-state index in [1.807, 2.05) is 4.90 Å². The molecule has 1 aromatic carbocycles. The minimum Gasteiger partial charge on any atom is -0.337 e. The third kappa shape index (κ3) is 3.38. The summed E-state index contributed by atoms with van der Waals surface area (Å²) in [4.78, 5) is 16.9. The summed E-state index contributed by atoms with van der Waals surface area (Å²) in [7, 11) is 0. The minimum absolute atomic E-state index is 0.163. The van der Waals surface area contributed by atoms with Crippen LogP contribution in [0.25, 0.3) is 0 Å². The fourth-order valence-corrected chi connectivity index (χ4v) is 3.25. The summed E-state index contributed by atoms with van der Waals surface area (Å²) in [5.41, 5.74) is 0.267. The van der Waals surface area contributed by atoms with Crippen LogP contribution in [0.15, 0.2) is 18.2 Å². The maximum atomic E-state index is 13.4. The van der Waals surface area contributed by atoms with Gasteiger partial charge in [0.1, 0.15) is 5.82 Å². The first-order chi connectivity index (χ1) is 10.0. The lowest BCUT2D eigenvalue weighted by molar-refractivity contribution is 0.0748. The van der Waals surface area contributed by atoms with Gasteiger partial charge in [-0.15, -0.1) is 0 Å². The van der Waals surface area contributed by atoms with Gasteiger partial charge in [0.05, 0.1) is 10.6 Å². The van der Waals surface area contributed by atoms with Gasteiger partial charge in [-0.3, -0.25) is 9.69 Å². The van der Waals surface area contributed by atoms with Crippen LogP contribution < -0.4 is 0 Å². The van der Waals surface area contributed by atoms with Gasteiger partial charge in [-0.25, -0.2) is 4.39 Å². The fraction of sp³-hybridized carbons (Fsp3) is 0.562. The Kier molecular flexibility index (Phi) is 4.18. The second-order valence-corrected chi connectivity index (χ2v) is 6.61. The number of hydrogen-bond donors (Lipinski definition) is 0. The van der Waals surface area contributed by atoms with Gasteiger partial charge in [0, 0.05) is 32.2 Å². The Balaban J connectivity index is 1.75. The van der Waals surface area contributed by atoms with Crippen molar-refractivity contribution in [3.05, 3.63) is 34.6 Å². The molecular weight excluding hydrogens is 291 g/mol. The molecule has 1 saturated carbocycles. The Labute approximate surface area is 129 Å². The Morgan fingerprint density at radius 2 is 2.05 bits per heavy atom. The highest BCUT2D eigenvalue weighted by molar-refractivity contribution is 6.33. The van der Waals surface area contributed by atoms with Crippen molar-refractivity contribution in [3.8, 4) is 0 Å². The van der Waals surface area contributed by atoms with E-state index in [0.29, 0.717) is 30.1 Å². The highest BCUT2D eigenvalue weighted by Crippen LogP contribution is 2.29. The van der Waals surface area contributed by atoms with Crippen molar-refractivity contribution in [1.29, 1.82) is 0 Å². The molecule has 0 N–H and O–H groups in total. The van der Waals surface area contributed by atoms with E-state index in [4.69, 9.17) is 11.6 Å². The average molecular weight is 311 g/mol. The standard InChI is InChI=1S/C16H20ClFN2O/c1-11-9-19(13-3-4-13)6-7-20(10-11)16(21)14-8-12(18)2-5-15(14)17/h2,5,8,11,13H,3-4,6-7,9-10H2,1H3. The van der Waals surface area contributed by atoms with Gasteiger partial charge in [-0.2, -0.15) is 0 Å². The van der Waals surface area contributed by atoms with Crippen molar-refractivity contribution in [3.63, 3.8) is 0 Å². The number of nitrogens with zero attached hydrogens (tertiary/aromatic N) is 2. The van der Waals surface area contributed by atoms with Crippen molar-refractivity contribution < 1.29 is 9.18 Å². The maximum absolute atomic E-state index is 13.4. The molecule has 0 aromatic heterocycles. The number of benzene rings is 1. The smallest absolute Gasteiger partial charge is 0.255 e. The molecule has 1 heterocycles. The molecule has 1 saturated heterocycles. The van der Waals surface area contributed by atoms with Crippen LogP contribution in [-0.4, -0.2) is 47.9 Å². The van der Waals surface area contributed by atoms with E-state index in [2.05, 4.69) is 11.8 Å². The summed E-state index contributed by atoms with van der Waals surface area (Å²) in [6.07, 6.45) is 2.55. The first-order valence-electron chi connectivity index (χ1n) is 7.53. The first-order valence-corrected chi connectivity index (χ1v) is 7.91. The van der Waals surface area contributed by atoms with Crippen LogP contribution in [0, 0.1) is 11.7 Å². The summed E-state index contributed by atoms with van der Waals surface area (Å²) in [5.74, 6) is -0.168. The van der Waals surface area contributed by atoms with E-state index in [-0.39, 0.29) is 11.5 Å².